The number of nitrogen functional groups attached to an aromatic ring is 1. The maximum atomic E-state index is 13.7. The van der Waals surface area contributed by atoms with Gasteiger partial charge in [0.05, 0.1) is 29.3 Å². The second-order valence-electron chi connectivity index (χ2n) is 15.9. The molecule has 10 N–H and O–H groups in total. The molecule has 0 saturated carbocycles. The van der Waals surface area contributed by atoms with Crippen LogP contribution < -0.4 is 22.3 Å². The van der Waals surface area contributed by atoms with Crippen molar-refractivity contribution in [3.8, 4) is 22.5 Å². The molecule has 2 aromatic carbocycles. The van der Waals surface area contributed by atoms with E-state index in [0.29, 0.717) is 5.56 Å². The third kappa shape index (κ3) is 13.0. The van der Waals surface area contributed by atoms with Crippen molar-refractivity contribution in [1.29, 1.82) is 5.41 Å². The average Bonchev–Trinajstić information content (AvgIpc) is 3.63. The van der Waals surface area contributed by atoms with E-state index in [-0.39, 0.29) is 86.4 Å². The molecule has 25 nitrogen and oxygen atoms in total. The Hall–Kier alpha value is -4.31. The first kappa shape index (κ1) is 54.0. The number of ether oxygens (including phenoxy) is 2. The van der Waals surface area contributed by atoms with Gasteiger partial charge in [0.15, 0.2) is 16.3 Å². The number of benzene rings is 3. The van der Waals surface area contributed by atoms with Crippen LogP contribution >= 0.6 is 45.1 Å². The van der Waals surface area contributed by atoms with Crippen LogP contribution in [0.2, 0.25) is 0 Å². The quantitative estimate of drug-likeness (QED) is 0.00681. The number of phosphoric acid groups is 3. The Morgan fingerprint density at radius 2 is 1.70 bits per heavy atom. The maximum Gasteiger partial charge on any atom is 0.490 e. The second kappa shape index (κ2) is 20.4. The Labute approximate surface area is 397 Å². The highest BCUT2D eigenvalue weighted by Crippen LogP contribution is 2.66. The zero-order valence-electron chi connectivity index (χ0n) is 36.3. The number of Topliss-reactive ketones (excluding diaryl/α,β-unsaturated/α-hetero) is 1. The number of aryl methyl sites for hydroxylation is 1. The third-order valence-electron chi connectivity index (χ3n) is 10.4. The molecule has 2 aliphatic heterocycles. The van der Waals surface area contributed by atoms with Crippen LogP contribution in [0.3, 0.4) is 0 Å². The van der Waals surface area contributed by atoms with E-state index < -0.39 is 91.3 Å². The van der Waals surface area contributed by atoms with Crippen LogP contribution in [0.5, 0.6) is 0 Å². The molecule has 374 valence electrons. The largest absolute Gasteiger partial charge is 0.490 e. The number of fused-ring (bicyclic) bond motifs is 2. The van der Waals surface area contributed by atoms with Gasteiger partial charge in [-0.3, -0.25) is 28.2 Å². The lowest BCUT2D eigenvalue weighted by Gasteiger charge is -2.24. The first-order chi connectivity index (χ1) is 31.9. The summed E-state index contributed by atoms with van der Waals surface area (Å²) in [6, 6.07) is 9.58. The maximum absolute atomic E-state index is 13.7. The van der Waals surface area contributed by atoms with Crippen LogP contribution in [0.1, 0.15) is 71.2 Å². The zero-order chi connectivity index (χ0) is 51.2. The Morgan fingerprint density at radius 3 is 2.35 bits per heavy atom. The molecule has 3 aromatic rings. The highest BCUT2D eigenvalue weighted by molar-refractivity contribution is 8.77. The number of anilines is 1. The molecule has 1 fully saturated rings. The Morgan fingerprint density at radius 1 is 1.01 bits per heavy atom. The van der Waals surface area contributed by atoms with Gasteiger partial charge in [0, 0.05) is 57.0 Å². The molecular formula is C38H43N4O21P3S3. The number of nitrogens with zero attached hydrogens (tertiary/aromatic N) is 1. The Balaban J connectivity index is 1.15. The smallest absolute Gasteiger partial charge is 0.478 e. The van der Waals surface area contributed by atoms with Crippen LogP contribution in [-0.2, 0) is 46.4 Å². The fourth-order valence-corrected chi connectivity index (χ4v) is 13.3. The molecule has 69 heavy (non-hydrogen) atoms. The molecule has 0 radical (unpaired) electrons. The van der Waals surface area contributed by atoms with Crippen molar-refractivity contribution in [2.75, 3.05) is 18.3 Å². The number of nitrogens with two attached hydrogens (primary N) is 1. The Bertz CT molecular complexity index is 3280. The molecule has 0 spiro atoms. The number of carboxylic acids is 1. The standard InChI is InChI=1S/C38H43N4O21P3S3/c1-18-15-42(37(47)41-35(18)44)30-14-28(29(60-30)16-59-65(51,52)63-66(53,54)62-64(48,49)50)58-17-67-68-38(3,4)12-11-27(43)20-5-6-21(24(13-20)36(45)46)31-22-7-9-25(39)19(2)32(22)61-33-23(31)8-10-26(40)34(33)69(55,56)57/h5-10,13,15,28-30,39H,11-12,14,16-17,40H2,1-4H3,(H,45,46)(H,51,52)(H,53,54)(H,41,44,47)(H2,48,49,50)(H,55,56,57)/t28?,29-,30-/m1/s1. The lowest BCUT2D eigenvalue weighted by atomic mass is 9.88. The number of carbonyl (C=O) groups excluding carboxylic acids is 1. The molecule has 1 aliphatic carbocycles. The van der Waals surface area contributed by atoms with Crippen LogP contribution in [-0.4, -0.2) is 88.5 Å². The van der Waals surface area contributed by atoms with Crippen LogP contribution in [0, 0.1) is 19.3 Å². The average molecular weight is 1080 g/mol. The van der Waals surface area contributed by atoms with E-state index in [4.69, 9.17) is 39.3 Å². The number of H-pyrrole nitrogens is 1. The fourth-order valence-electron chi connectivity index (χ4n) is 7.18. The number of rotatable bonds is 20. The summed E-state index contributed by atoms with van der Waals surface area (Å²) in [5.74, 6) is -1.92. The minimum atomic E-state index is -5.84. The number of aromatic nitrogens is 2. The molecule has 3 unspecified atom stereocenters. The number of hydrogen-bond donors (Lipinski definition) is 9. The van der Waals surface area contributed by atoms with E-state index >= 15 is 0 Å². The van der Waals surface area contributed by atoms with Gasteiger partial charge in [0.1, 0.15) is 24.0 Å². The number of carboxylic acid groups (broad SMARTS) is 1. The molecule has 1 aromatic heterocycles. The predicted molar refractivity (Wildman–Crippen MR) is 247 cm³/mol. The van der Waals surface area contributed by atoms with Crippen LogP contribution in [0.15, 0.2) is 67.6 Å². The summed E-state index contributed by atoms with van der Waals surface area (Å²) < 4.78 is 101. The summed E-state index contributed by atoms with van der Waals surface area (Å²) in [7, 11) is -19.6. The lowest BCUT2D eigenvalue weighted by molar-refractivity contribution is -0.0543. The van der Waals surface area contributed by atoms with Crippen molar-refractivity contribution in [2.24, 2.45) is 0 Å². The first-order valence-electron chi connectivity index (χ1n) is 19.8. The van der Waals surface area contributed by atoms with Crippen LogP contribution in [0.25, 0.3) is 33.4 Å². The highest BCUT2D eigenvalue weighted by Gasteiger charge is 2.44. The summed E-state index contributed by atoms with van der Waals surface area (Å²) in [6.07, 6.45) is -2.15. The number of aromatic amines is 1. The molecule has 3 aliphatic rings. The number of phosphoric ester groups is 1. The normalized spacial score (nSPS) is 18.6. The van der Waals surface area contributed by atoms with E-state index in [1.807, 2.05) is 13.8 Å². The van der Waals surface area contributed by atoms with Crippen molar-refractivity contribution >= 4 is 83.6 Å². The summed E-state index contributed by atoms with van der Waals surface area (Å²) in [6.45, 7) is 5.71. The van der Waals surface area contributed by atoms with Crippen molar-refractivity contribution in [1.82, 2.24) is 9.55 Å². The van der Waals surface area contributed by atoms with Gasteiger partial charge in [-0.25, -0.2) is 23.3 Å². The summed E-state index contributed by atoms with van der Waals surface area (Å²) in [5, 5.41) is 18.9. The van der Waals surface area contributed by atoms with Gasteiger partial charge in [-0.05, 0) is 70.0 Å². The van der Waals surface area contributed by atoms with Crippen molar-refractivity contribution < 1.29 is 88.0 Å². The predicted octanol–water partition coefficient (Wildman–Crippen LogP) is 5.47. The SMILES string of the molecule is Cc1c2oc3c(S(=O)(=O)O)c(N)ccc3c(-c3ccc(C(=O)CCC(C)(C)SSCOC4C[C@H](n5cc(C)c(=O)[nH]c5=O)O[C@@H]4COP(=O)(O)OP(=O)(O)OP(=O)(O)O)cc3C(=O)O)c-2ccc1=N. The highest BCUT2D eigenvalue weighted by atomic mass is 33.1. The van der Waals surface area contributed by atoms with Gasteiger partial charge >= 0.3 is 35.1 Å². The lowest BCUT2D eigenvalue weighted by Crippen LogP contribution is -2.33. The fraction of sp³-hybridized carbons (Fsp3) is 0.342. The number of aromatic carboxylic acids is 1. The number of ketones is 1. The molecule has 31 heteroatoms. The third-order valence-corrected chi connectivity index (χ3v) is 18.2. The minimum Gasteiger partial charge on any atom is -0.478 e. The summed E-state index contributed by atoms with van der Waals surface area (Å²) in [4.78, 5) is 89.7. The Kier molecular flexibility index (Phi) is 16.0. The number of nitrogens with one attached hydrogen (secondary N) is 2. The molecular weight excluding hydrogens is 1040 g/mol. The van der Waals surface area contributed by atoms with Crippen molar-refractivity contribution in [2.45, 2.75) is 75.0 Å². The zero-order valence-corrected chi connectivity index (χ0v) is 41.4. The van der Waals surface area contributed by atoms with Gasteiger partial charge in [0.2, 0.25) is 0 Å². The summed E-state index contributed by atoms with van der Waals surface area (Å²) in [5.41, 5.74) is 4.39. The molecule has 5 atom stereocenters. The van der Waals surface area contributed by atoms with Gasteiger partial charge in [0.25, 0.3) is 15.7 Å². The van der Waals surface area contributed by atoms with E-state index in [1.54, 1.807) is 6.92 Å². The van der Waals surface area contributed by atoms with Gasteiger partial charge < -0.3 is 49.7 Å². The van der Waals surface area contributed by atoms with Gasteiger partial charge in [-0.2, -0.15) is 17.0 Å². The minimum absolute atomic E-state index is 0.0254. The molecule has 3 heterocycles. The second-order valence-corrected chi connectivity index (χ2v) is 24.7. The molecule has 0 amide bonds. The summed E-state index contributed by atoms with van der Waals surface area (Å²) >= 11 is 0. The van der Waals surface area contributed by atoms with Crippen LogP contribution in [0.4, 0.5) is 5.69 Å². The van der Waals surface area contributed by atoms with E-state index in [2.05, 4.69) is 13.6 Å². The van der Waals surface area contributed by atoms with E-state index in [0.717, 1.165) is 4.57 Å². The molecule has 1 saturated heterocycles. The van der Waals surface area contributed by atoms with Crippen molar-refractivity contribution in [3.05, 3.63) is 97.1 Å². The number of hydrogen-bond acceptors (Lipinski definition) is 19. The van der Waals surface area contributed by atoms with Gasteiger partial charge in [-0.1, -0.05) is 33.7 Å². The van der Waals surface area contributed by atoms with Gasteiger partial charge in [-0.15, -0.1) is 0 Å². The first-order valence-corrected chi connectivity index (χ1v) is 28.0. The molecule has 0 bridgehead atoms. The monoisotopic (exact) mass is 1080 g/mol. The molecule has 6 rings (SSSR count). The van der Waals surface area contributed by atoms with E-state index in [1.165, 1.54) is 77.2 Å². The van der Waals surface area contributed by atoms with Crippen molar-refractivity contribution in [3.63, 3.8) is 0 Å². The topological polar surface area (TPSA) is 405 Å². The van der Waals surface area contributed by atoms with E-state index in [9.17, 15) is 60.7 Å². The number of carbonyl (C=O) groups is 2.